The van der Waals surface area contributed by atoms with Gasteiger partial charge in [-0.15, -0.1) is 0 Å². The Hall–Kier alpha value is -1.85. The van der Waals surface area contributed by atoms with Crippen molar-refractivity contribution in [2.45, 2.75) is 13.0 Å². The van der Waals surface area contributed by atoms with E-state index in [4.69, 9.17) is 5.11 Å². The van der Waals surface area contributed by atoms with E-state index in [1.54, 1.807) is 13.0 Å². The molecular formula is C14H19N3O2. The first kappa shape index (κ1) is 13.6. The molecule has 0 saturated carbocycles. The molecule has 2 rings (SSSR count). The van der Waals surface area contributed by atoms with Gasteiger partial charge in [-0.05, 0) is 19.1 Å². The predicted octanol–water partition coefficient (Wildman–Crippen LogP) is 0.868. The summed E-state index contributed by atoms with van der Waals surface area (Å²) >= 11 is 0. The Bertz CT molecular complexity index is 548. The van der Waals surface area contributed by atoms with E-state index in [1.165, 1.54) is 0 Å². The third-order valence-corrected chi connectivity index (χ3v) is 2.86. The van der Waals surface area contributed by atoms with Crippen LogP contribution >= 0.6 is 0 Å². The maximum absolute atomic E-state index is 12.0. The van der Waals surface area contributed by atoms with Crippen molar-refractivity contribution in [1.29, 1.82) is 0 Å². The largest absolute Gasteiger partial charge is 0.392 e. The highest BCUT2D eigenvalue weighted by Gasteiger charge is 2.09. The third-order valence-electron chi connectivity index (χ3n) is 2.86. The smallest absolute Gasteiger partial charge is 0.253 e. The van der Waals surface area contributed by atoms with E-state index < -0.39 is 0 Å². The Morgan fingerprint density at radius 1 is 1.37 bits per heavy atom. The number of rotatable bonds is 6. The zero-order valence-corrected chi connectivity index (χ0v) is 10.9. The molecule has 1 atom stereocenters. The molecule has 0 spiro atoms. The molecule has 0 saturated heterocycles. The van der Waals surface area contributed by atoms with Crippen LogP contribution in [0.3, 0.4) is 0 Å². The Morgan fingerprint density at radius 3 is 3.00 bits per heavy atom. The molecule has 4 N–H and O–H groups in total. The Kier molecular flexibility index (Phi) is 4.54. The van der Waals surface area contributed by atoms with Gasteiger partial charge in [0, 0.05) is 31.2 Å². The van der Waals surface area contributed by atoms with Crippen LogP contribution in [0.4, 0.5) is 0 Å². The van der Waals surface area contributed by atoms with Gasteiger partial charge in [0.2, 0.25) is 0 Å². The minimum Gasteiger partial charge on any atom is -0.392 e. The van der Waals surface area contributed by atoms with Crippen molar-refractivity contribution in [3.63, 3.8) is 0 Å². The SMILES string of the molecule is CC(O)CNCCNC(=O)c1cccc2cc[nH]c12. The molecule has 0 aliphatic rings. The van der Waals surface area contributed by atoms with Crippen molar-refractivity contribution in [3.05, 3.63) is 36.0 Å². The highest BCUT2D eigenvalue weighted by molar-refractivity contribution is 6.05. The van der Waals surface area contributed by atoms with Crippen LogP contribution < -0.4 is 10.6 Å². The second-order valence-electron chi connectivity index (χ2n) is 4.56. The number of benzene rings is 1. The lowest BCUT2D eigenvalue weighted by Crippen LogP contribution is -2.34. The minimum absolute atomic E-state index is 0.0908. The van der Waals surface area contributed by atoms with Gasteiger partial charge in [0.05, 0.1) is 17.2 Å². The van der Waals surface area contributed by atoms with Crippen LogP contribution in [0.25, 0.3) is 10.9 Å². The van der Waals surface area contributed by atoms with Gasteiger partial charge >= 0.3 is 0 Å². The second kappa shape index (κ2) is 6.36. The van der Waals surface area contributed by atoms with Crippen molar-refractivity contribution in [2.24, 2.45) is 0 Å². The molecule has 0 bridgehead atoms. The standard InChI is InChI=1S/C14H19N3O2/c1-10(18)9-15-7-8-17-14(19)12-4-2-3-11-5-6-16-13(11)12/h2-6,10,15-16,18H,7-9H2,1H3,(H,17,19). The summed E-state index contributed by atoms with van der Waals surface area (Å²) in [5, 5.41) is 16.0. The van der Waals surface area contributed by atoms with Crippen LogP contribution in [0.5, 0.6) is 0 Å². The number of fused-ring (bicyclic) bond motifs is 1. The summed E-state index contributed by atoms with van der Waals surface area (Å²) in [6, 6.07) is 7.58. The Labute approximate surface area is 112 Å². The van der Waals surface area contributed by atoms with Gasteiger partial charge in [-0.3, -0.25) is 4.79 Å². The fourth-order valence-electron chi connectivity index (χ4n) is 1.94. The molecule has 0 aliphatic heterocycles. The van der Waals surface area contributed by atoms with Crippen LogP contribution in [-0.4, -0.2) is 41.7 Å². The molecule has 1 aromatic carbocycles. The highest BCUT2D eigenvalue weighted by atomic mass is 16.3. The summed E-state index contributed by atoms with van der Waals surface area (Å²) in [6.07, 6.45) is 1.45. The van der Waals surface area contributed by atoms with Crippen LogP contribution in [0.1, 0.15) is 17.3 Å². The summed E-state index contributed by atoms with van der Waals surface area (Å²) < 4.78 is 0. The monoisotopic (exact) mass is 261 g/mol. The number of aromatic nitrogens is 1. The summed E-state index contributed by atoms with van der Waals surface area (Å²) in [6.45, 7) is 3.42. The lowest BCUT2D eigenvalue weighted by atomic mass is 10.1. The average Bonchev–Trinajstić information content (AvgIpc) is 2.85. The average molecular weight is 261 g/mol. The number of carbonyl (C=O) groups is 1. The van der Waals surface area contributed by atoms with Crippen molar-refractivity contribution < 1.29 is 9.90 Å². The molecule has 1 unspecified atom stereocenters. The van der Waals surface area contributed by atoms with Gasteiger partial charge in [-0.25, -0.2) is 0 Å². The summed E-state index contributed by atoms with van der Waals surface area (Å²) in [5.41, 5.74) is 1.51. The van der Waals surface area contributed by atoms with Crippen molar-refractivity contribution in [1.82, 2.24) is 15.6 Å². The fraction of sp³-hybridized carbons (Fsp3) is 0.357. The second-order valence-corrected chi connectivity index (χ2v) is 4.56. The first-order valence-corrected chi connectivity index (χ1v) is 6.41. The molecule has 2 aromatic rings. The maximum Gasteiger partial charge on any atom is 0.253 e. The summed E-state index contributed by atoms with van der Waals surface area (Å²) in [5.74, 6) is -0.0908. The predicted molar refractivity (Wildman–Crippen MR) is 75.2 cm³/mol. The van der Waals surface area contributed by atoms with E-state index in [0.29, 0.717) is 25.2 Å². The Morgan fingerprint density at radius 2 is 2.21 bits per heavy atom. The lowest BCUT2D eigenvalue weighted by Gasteiger charge is -2.08. The molecule has 0 radical (unpaired) electrons. The van der Waals surface area contributed by atoms with Crippen molar-refractivity contribution in [3.8, 4) is 0 Å². The van der Waals surface area contributed by atoms with E-state index in [2.05, 4.69) is 15.6 Å². The minimum atomic E-state index is -0.372. The molecule has 0 fully saturated rings. The number of nitrogens with one attached hydrogen (secondary N) is 3. The molecule has 1 aromatic heterocycles. The zero-order chi connectivity index (χ0) is 13.7. The Balaban J connectivity index is 1.88. The molecule has 1 amide bonds. The molecule has 5 nitrogen and oxygen atoms in total. The summed E-state index contributed by atoms with van der Waals surface area (Å²) in [7, 11) is 0. The zero-order valence-electron chi connectivity index (χ0n) is 10.9. The number of amides is 1. The third kappa shape index (κ3) is 3.56. The van der Waals surface area contributed by atoms with E-state index >= 15 is 0 Å². The molecule has 102 valence electrons. The van der Waals surface area contributed by atoms with Crippen LogP contribution in [0.2, 0.25) is 0 Å². The topological polar surface area (TPSA) is 77.2 Å². The number of aliphatic hydroxyl groups is 1. The first-order chi connectivity index (χ1) is 9.18. The molecule has 19 heavy (non-hydrogen) atoms. The quantitative estimate of drug-likeness (QED) is 0.583. The number of H-pyrrole nitrogens is 1. The van der Waals surface area contributed by atoms with E-state index in [1.807, 2.05) is 24.4 Å². The van der Waals surface area contributed by atoms with E-state index in [9.17, 15) is 4.79 Å². The number of hydrogen-bond acceptors (Lipinski definition) is 3. The van der Waals surface area contributed by atoms with Crippen LogP contribution in [0.15, 0.2) is 30.5 Å². The number of para-hydroxylation sites is 1. The van der Waals surface area contributed by atoms with Crippen molar-refractivity contribution >= 4 is 16.8 Å². The highest BCUT2D eigenvalue weighted by Crippen LogP contribution is 2.16. The van der Waals surface area contributed by atoms with E-state index in [0.717, 1.165) is 10.9 Å². The fourth-order valence-corrected chi connectivity index (χ4v) is 1.94. The number of aromatic amines is 1. The molecular weight excluding hydrogens is 242 g/mol. The van der Waals surface area contributed by atoms with E-state index in [-0.39, 0.29) is 12.0 Å². The number of hydrogen-bond donors (Lipinski definition) is 4. The molecule has 1 heterocycles. The normalized spacial score (nSPS) is 12.5. The van der Waals surface area contributed by atoms with Gasteiger partial charge in [-0.1, -0.05) is 12.1 Å². The molecule has 0 aliphatic carbocycles. The van der Waals surface area contributed by atoms with Gasteiger partial charge in [0.25, 0.3) is 5.91 Å². The number of carbonyl (C=O) groups excluding carboxylic acids is 1. The maximum atomic E-state index is 12.0. The van der Waals surface area contributed by atoms with Crippen molar-refractivity contribution in [2.75, 3.05) is 19.6 Å². The summed E-state index contributed by atoms with van der Waals surface area (Å²) in [4.78, 5) is 15.1. The van der Waals surface area contributed by atoms with Crippen LogP contribution in [-0.2, 0) is 0 Å². The van der Waals surface area contributed by atoms with Gasteiger partial charge < -0.3 is 20.7 Å². The van der Waals surface area contributed by atoms with Gasteiger partial charge in [-0.2, -0.15) is 0 Å². The van der Waals surface area contributed by atoms with Crippen LogP contribution in [0, 0.1) is 0 Å². The lowest BCUT2D eigenvalue weighted by molar-refractivity contribution is 0.0955. The van der Waals surface area contributed by atoms with Gasteiger partial charge in [0.15, 0.2) is 0 Å². The number of aliphatic hydroxyl groups excluding tert-OH is 1. The molecule has 5 heteroatoms. The first-order valence-electron chi connectivity index (χ1n) is 6.41. The van der Waals surface area contributed by atoms with Gasteiger partial charge in [0.1, 0.15) is 0 Å².